The van der Waals surface area contributed by atoms with Crippen molar-refractivity contribution in [3.63, 3.8) is 0 Å². The third kappa shape index (κ3) is 4.69. The van der Waals surface area contributed by atoms with E-state index in [0.717, 1.165) is 57.7 Å². The Bertz CT molecular complexity index is 373. The molecule has 1 fully saturated rings. The first kappa shape index (κ1) is 15.1. The highest BCUT2D eigenvalue weighted by atomic mass is 16.5. The van der Waals surface area contributed by atoms with E-state index in [9.17, 15) is 0 Å². The van der Waals surface area contributed by atoms with Crippen LogP contribution in [-0.4, -0.2) is 39.5 Å². The molecule has 1 saturated heterocycles. The molecule has 4 heteroatoms. The second kappa shape index (κ2) is 8.12. The number of hydrogen-bond donors (Lipinski definition) is 1. The Hall–Kier alpha value is -1.26. The Labute approximate surface area is 121 Å². The molecule has 0 bridgehead atoms. The Morgan fingerprint density at radius 1 is 1.10 bits per heavy atom. The first-order valence-corrected chi connectivity index (χ1v) is 7.52. The van der Waals surface area contributed by atoms with Gasteiger partial charge in [-0.2, -0.15) is 0 Å². The van der Waals surface area contributed by atoms with Crippen molar-refractivity contribution in [3.8, 4) is 5.75 Å². The fourth-order valence-corrected chi connectivity index (χ4v) is 2.45. The second-order valence-corrected chi connectivity index (χ2v) is 5.37. The summed E-state index contributed by atoms with van der Waals surface area (Å²) in [5.74, 6) is 0.944. The minimum absolute atomic E-state index is 0.376. The number of piperidine rings is 1. The van der Waals surface area contributed by atoms with Crippen molar-refractivity contribution in [2.24, 2.45) is 5.73 Å². The van der Waals surface area contributed by atoms with Crippen LogP contribution in [0.3, 0.4) is 0 Å². The maximum Gasteiger partial charge on any atom is 0.119 e. The summed E-state index contributed by atoms with van der Waals surface area (Å²) in [4.78, 5) is 2.39. The molecule has 1 heterocycles. The number of rotatable bonds is 7. The molecule has 0 amide bonds. The summed E-state index contributed by atoms with van der Waals surface area (Å²) in [5.41, 5.74) is 7.20. The maximum absolute atomic E-state index is 5.93. The lowest BCUT2D eigenvalue weighted by molar-refractivity contribution is 0.184. The van der Waals surface area contributed by atoms with Crippen molar-refractivity contribution in [2.45, 2.75) is 31.7 Å². The molecule has 112 valence electrons. The van der Waals surface area contributed by atoms with E-state index in [-0.39, 0.29) is 0 Å². The molecule has 0 atom stereocenters. The van der Waals surface area contributed by atoms with Gasteiger partial charge in [-0.05, 0) is 49.9 Å². The van der Waals surface area contributed by atoms with Crippen LogP contribution in [0.15, 0.2) is 24.3 Å². The third-order valence-electron chi connectivity index (χ3n) is 3.75. The van der Waals surface area contributed by atoms with E-state index < -0.39 is 0 Å². The Balaban J connectivity index is 1.75. The molecule has 1 aliphatic heterocycles. The van der Waals surface area contributed by atoms with Gasteiger partial charge < -0.3 is 20.1 Å². The molecule has 20 heavy (non-hydrogen) atoms. The molecule has 1 aliphatic rings. The van der Waals surface area contributed by atoms with E-state index in [0.29, 0.717) is 6.04 Å². The molecule has 4 nitrogen and oxygen atoms in total. The molecule has 2 N–H and O–H groups in total. The van der Waals surface area contributed by atoms with Crippen LogP contribution in [0.4, 0.5) is 5.69 Å². The van der Waals surface area contributed by atoms with Gasteiger partial charge in [0.25, 0.3) is 0 Å². The number of unbranched alkanes of at least 4 members (excludes halogenated alkanes) is 1. The normalized spacial score (nSPS) is 16.4. The zero-order valence-corrected chi connectivity index (χ0v) is 12.4. The molecule has 0 unspecified atom stereocenters. The standard InChI is InChI=1S/C16H26N2O2/c1-19-12-2-3-13-20-16-6-4-15(5-7-16)18-10-8-14(17)9-11-18/h4-7,14H,2-3,8-13,17H2,1H3. The van der Waals surface area contributed by atoms with Gasteiger partial charge in [-0.15, -0.1) is 0 Å². The zero-order chi connectivity index (χ0) is 14.2. The predicted octanol–water partition coefficient (Wildman–Crippen LogP) is 2.42. The van der Waals surface area contributed by atoms with E-state index in [1.165, 1.54) is 5.69 Å². The maximum atomic E-state index is 5.93. The van der Waals surface area contributed by atoms with Crippen molar-refractivity contribution < 1.29 is 9.47 Å². The number of ether oxygens (including phenoxy) is 2. The summed E-state index contributed by atoms with van der Waals surface area (Å²) in [6.45, 7) is 3.66. The van der Waals surface area contributed by atoms with Gasteiger partial charge in [0.2, 0.25) is 0 Å². The van der Waals surface area contributed by atoms with Crippen molar-refractivity contribution >= 4 is 5.69 Å². The third-order valence-corrected chi connectivity index (χ3v) is 3.75. The fourth-order valence-electron chi connectivity index (χ4n) is 2.45. The number of nitrogens with zero attached hydrogens (tertiary/aromatic N) is 1. The van der Waals surface area contributed by atoms with Crippen LogP contribution in [0.2, 0.25) is 0 Å². The minimum atomic E-state index is 0.376. The van der Waals surface area contributed by atoms with Gasteiger partial charge in [0.05, 0.1) is 6.61 Å². The highest BCUT2D eigenvalue weighted by Crippen LogP contribution is 2.22. The van der Waals surface area contributed by atoms with Gasteiger partial charge in [0, 0.05) is 38.5 Å². The molecule has 0 spiro atoms. The van der Waals surface area contributed by atoms with E-state index in [1.807, 2.05) is 0 Å². The summed E-state index contributed by atoms with van der Waals surface area (Å²) >= 11 is 0. The topological polar surface area (TPSA) is 47.7 Å². The van der Waals surface area contributed by atoms with Gasteiger partial charge >= 0.3 is 0 Å². The van der Waals surface area contributed by atoms with Crippen LogP contribution < -0.4 is 15.4 Å². The summed E-state index contributed by atoms with van der Waals surface area (Å²) in [6, 6.07) is 8.77. The number of nitrogens with two attached hydrogens (primary N) is 1. The number of hydrogen-bond acceptors (Lipinski definition) is 4. The average molecular weight is 278 g/mol. The monoisotopic (exact) mass is 278 g/mol. The lowest BCUT2D eigenvalue weighted by atomic mass is 10.1. The van der Waals surface area contributed by atoms with Gasteiger partial charge in [-0.1, -0.05) is 0 Å². The molecule has 0 aliphatic carbocycles. The molecule has 1 aromatic rings. The summed E-state index contributed by atoms with van der Waals surface area (Å²) < 4.78 is 10.7. The molecule has 0 saturated carbocycles. The quantitative estimate of drug-likeness (QED) is 0.778. The molecular weight excluding hydrogens is 252 g/mol. The molecular formula is C16H26N2O2. The Kier molecular flexibility index (Phi) is 6.15. The van der Waals surface area contributed by atoms with Crippen molar-refractivity contribution in [3.05, 3.63) is 24.3 Å². The van der Waals surface area contributed by atoms with Crippen molar-refractivity contribution in [1.82, 2.24) is 0 Å². The van der Waals surface area contributed by atoms with Gasteiger partial charge in [-0.3, -0.25) is 0 Å². The summed E-state index contributed by atoms with van der Waals surface area (Å²) in [6.07, 6.45) is 4.23. The molecule has 2 rings (SSSR count). The lowest BCUT2D eigenvalue weighted by Gasteiger charge is -2.32. The van der Waals surface area contributed by atoms with Crippen LogP contribution in [0.25, 0.3) is 0 Å². The van der Waals surface area contributed by atoms with Crippen molar-refractivity contribution in [1.29, 1.82) is 0 Å². The summed E-state index contributed by atoms with van der Waals surface area (Å²) in [7, 11) is 1.73. The number of methoxy groups -OCH3 is 1. The van der Waals surface area contributed by atoms with Gasteiger partial charge in [0.15, 0.2) is 0 Å². The average Bonchev–Trinajstić information content (AvgIpc) is 2.49. The van der Waals surface area contributed by atoms with Crippen LogP contribution in [0, 0.1) is 0 Å². The van der Waals surface area contributed by atoms with E-state index in [2.05, 4.69) is 29.2 Å². The first-order valence-electron chi connectivity index (χ1n) is 7.52. The second-order valence-electron chi connectivity index (χ2n) is 5.37. The van der Waals surface area contributed by atoms with E-state index >= 15 is 0 Å². The predicted molar refractivity (Wildman–Crippen MR) is 82.5 cm³/mol. The van der Waals surface area contributed by atoms with E-state index in [4.69, 9.17) is 15.2 Å². The van der Waals surface area contributed by atoms with Gasteiger partial charge in [-0.25, -0.2) is 0 Å². The smallest absolute Gasteiger partial charge is 0.119 e. The number of benzene rings is 1. The van der Waals surface area contributed by atoms with Crippen LogP contribution in [0.5, 0.6) is 5.75 Å². The van der Waals surface area contributed by atoms with E-state index in [1.54, 1.807) is 7.11 Å². The van der Waals surface area contributed by atoms with Crippen LogP contribution >= 0.6 is 0 Å². The lowest BCUT2D eigenvalue weighted by Crippen LogP contribution is -2.39. The Morgan fingerprint density at radius 3 is 2.40 bits per heavy atom. The highest BCUT2D eigenvalue weighted by Gasteiger charge is 2.16. The molecule has 1 aromatic carbocycles. The highest BCUT2D eigenvalue weighted by molar-refractivity contribution is 5.49. The SMILES string of the molecule is COCCCCOc1ccc(N2CCC(N)CC2)cc1. The fraction of sp³-hybridized carbons (Fsp3) is 0.625. The minimum Gasteiger partial charge on any atom is -0.494 e. The van der Waals surface area contributed by atoms with Crippen LogP contribution in [-0.2, 0) is 4.74 Å². The van der Waals surface area contributed by atoms with Gasteiger partial charge in [0.1, 0.15) is 5.75 Å². The summed E-state index contributed by atoms with van der Waals surface area (Å²) in [5, 5.41) is 0. The Morgan fingerprint density at radius 2 is 1.75 bits per heavy atom. The molecule has 0 radical (unpaired) electrons. The zero-order valence-electron chi connectivity index (χ0n) is 12.4. The number of anilines is 1. The largest absolute Gasteiger partial charge is 0.494 e. The van der Waals surface area contributed by atoms with Crippen LogP contribution in [0.1, 0.15) is 25.7 Å². The van der Waals surface area contributed by atoms with Crippen molar-refractivity contribution in [2.75, 3.05) is 38.3 Å². The first-order chi connectivity index (χ1) is 9.79. The molecule has 0 aromatic heterocycles.